The van der Waals surface area contributed by atoms with Crippen LogP contribution in [0.5, 0.6) is 5.75 Å². The molecule has 6 nitrogen and oxygen atoms in total. The Kier molecular flexibility index (Phi) is 4.93. The number of primary amides is 1. The Morgan fingerprint density at radius 3 is 2.68 bits per heavy atom. The Morgan fingerprint density at radius 2 is 2.00 bits per heavy atom. The smallest absolute Gasteiger partial charge is 0.267 e. The van der Waals surface area contributed by atoms with Gasteiger partial charge in [0.2, 0.25) is 0 Å². The predicted molar refractivity (Wildman–Crippen MR) is 103 cm³/mol. The lowest BCUT2D eigenvalue weighted by Gasteiger charge is -2.17. The summed E-state index contributed by atoms with van der Waals surface area (Å²) in [6, 6.07) is 13.2. The lowest BCUT2D eigenvalue weighted by molar-refractivity contribution is -0.0475. The number of halogens is 1. The highest BCUT2D eigenvalue weighted by molar-refractivity contribution is 6.01. The molecule has 1 aromatic heterocycles. The van der Waals surface area contributed by atoms with Gasteiger partial charge in [-0.1, -0.05) is 12.1 Å². The predicted octanol–water partition coefficient (Wildman–Crippen LogP) is 3.15. The minimum atomic E-state index is -0.626. The molecule has 0 aliphatic carbocycles. The van der Waals surface area contributed by atoms with Crippen LogP contribution in [0.15, 0.2) is 48.5 Å². The van der Waals surface area contributed by atoms with E-state index >= 15 is 0 Å². The van der Waals surface area contributed by atoms with Crippen molar-refractivity contribution in [2.24, 2.45) is 5.73 Å². The van der Waals surface area contributed by atoms with E-state index in [0.717, 1.165) is 29.5 Å². The summed E-state index contributed by atoms with van der Waals surface area (Å²) in [5.41, 5.74) is 7.71. The molecule has 0 spiro atoms. The van der Waals surface area contributed by atoms with Gasteiger partial charge in [0, 0.05) is 25.1 Å². The van der Waals surface area contributed by atoms with Crippen molar-refractivity contribution in [2.45, 2.75) is 12.5 Å². The van der Waals surface area contributed by atoms with Crippen molar-refractivity contribution in [1.82, 2.24) is 10.0 Å². The number of aromatic nitrogens is 1. The van der Waals surface area contributed by atoms with Crippen LogP contribution in [0.4, 0.5) is 4.39 Å². The number of rotatable bonds is 5. The Hall–Kier alpha value is -3.03. The first-order valence-corrected chi connectivity index (χ1v) is 9.00. The van der Waals surface area contributed by atoms with E-state index in [9.17, 15) is 9.18 Å². The van der Waals surface area contributed by atoms with Gasteiger partial charge in [-0.15, -0.1) is 5.06 Å². The van der Waals surface area contributed by atoms with Gasteiger partial charge in [-0.25, -0.2) is 9.37 Å². The third-order valence-electron chi connectivity index (χ3n) is 4.86. The second-order valence-electron chi connectivity index (χ2n) is 6.73. The molecule has 4 rings (SSSR count). The molecule has 7 heteroatoms. The van der Waals surface area contributed by atoms with Gasteiger partial charge in [0.05, 0.1) is 18.2 Å². The van der Waals surface area contributed by atoms with Gasteiger partial charge in [0.25, 0.3) is 5.91 Å². The second-order valence-corrected chi connectivity index (χ2v) is 6.73. The Balaban J connectivity index is 1.73. The molecule has 3 aromatic rings. The van der Waals surface area contributed by atoms with E-state index < -0.39 is 5.91 Å². The number of methoxy groups -OCH3 is 1. The van der Waals surface area contributed by atoms with Crippen LogP contribution in [-0.2, 0) is 4.74 Å². The highest BCUT2D eigenvalue weighted by Crippen LogP contribution is 2.31. The number of fused-ring (bicyclic) bond motifs is 1. The Morgan fingerprint density at radius 1 is 1.21 bits per heavy atom. The van der Waals surface area contributed by atoms with E-state index in [0.29, 0.717) is 17.8 Å². The fourth-order valence-corrected chi connectivity index (χ4v) is 3.38. The summed E-state index contributed by atoms with van der Waals surface area (Å²) in [5, 5.41) is 2.66. The first-order valence-electron chi connectivity index (χ1n) is 9.00. The number of amides is 1. The number of hydrogen-bond donors (Lipinski definition) is 1. The molecular formula is C21H20FN3O3. The van der Waals surface area contributed by atoms with Crippen molar-refractivity contribution < 1.29 is 18.8 Å². The number of nitrogens with zero attached hydrogens (tertiary/aromatic N) is 2. The molecule has 1 amide bonds. The van der Waals surface area contributed by atoms with Crippen molar-refractivity contribution in [3.63, 3.8) is 0 Å². The average molecular weight is 381 g/mol. The van der Waals surface area contributed by atoms with E-state index in [-0.39, 0.29) is 17.6 Å². The maximum Gasteiger partial charge on any atom is 0.267 e. The van der Waals surface area contributed by atoms with E-state index in [1.54, 1.807) is 31.4 Å². The summed E-state index contributed by atoms with van der Waals surface area (Å²) in [7, 11) is 1.69. The average Bonchev–Trinajstić information content (AvgIpc) is 3.15. The first kappa shape index (κ1) is 18.3. The molecule has 28 heavy (non-hydrogen) atoms. The summed E-state index contributed by atoms with van der Waals surface area (Å²) in [5.74, 6) is -0.338. The van der Waals surface area contributed by atoms with Crippen LogP contribution in [-0.4, -0.2) is 42.3 Å². The number of carbonyl (C=O) groups excluding carboxylic acids is 1. The third kappa shape index (κ3) is 3.67. The molecule has 0 bridgehead atoms. The van der Waals surface area contributed by atoms with Crippen molar-refractivity contribution in [2.75, 3.05) is 20.2 Å². The Bertz CT molecular complexity index is 1020. The van der Waals surface area contributed by atoms with Crippen molar-refractivity contribution in [1.29, 1.82) is 0 Å². The van der Waals surface area contributed by atoms with Gasteiger partial charge in [-0.2, -0.15) is 0 Å². The molecule has 2 N–H and O–H groups in total. The topological polar surface area (TPSA) is 77.7 Å². The van der Waals surface area contributed by atoms with Gasteiger partial charge >= 0.3 is 0 Å². The summed E-state index contributed by atoms with van der Waals surface area (Å²) >= 11 is 0. The zero-order chi connectivity index (χ0) is 19.7. The maximum absolute atomic E-state index is 13.3. The van der Waals surface area contributed by atoms with E-state index in [1.165, 1.54) is 12.1 Å². The van der Waals surface area contributed by atoms with Crippen LogP contribution in [0.3, 0.4) is 0 Å². The summed E-state index contributed by atoms with van der Waals surface area (Å²) in [6.45, 7) is 1.45. The van der Waals surface area contributed by atoms with Crippen LogP contribution in [0, 0.1) is 5.82 Å². The summed E-state index contributed by atoms with van der Waals surface area (Å²) in [4.78, 5) is 22.1. The van der Waals surface area contributed by atoms with E-state index in [4.69, 9.17) is 15.3 Å². The number of carbonyl (C=O) groups is 1. The molecule has 0 saturated carbocycles. The zero-order valence-corrected chi connectivity index (χ0v) is 15.4. The van der Waals surface area contributed by atoms with Gasteiger partial charge in [0.1, 0.15) is 17.3 Å². The number of benzene rings is 2. The number of pyridine rings is 1. The van der Waals surface area contributed by atoms with Gasteiger partial charge in [0.15, 0.2) is 0 Å². The minimum absolute atomic E-state index is 0.143. The normalized spacial score (nSPS) is 17.1. The molecule has 1 aliphatic heterocycles. The van der Waals surface area contributed by atoms with Gasteiger partial charge < -0.3 is 15.3 Å². The first-order chi connectivity index (χ1) is 13.5. The molecule has 0 unspecified atom stereocenters. The molecule has 2 aromatic carbocycles. The third-order valence-corrected chi connectivity index (χ3v) is 4.86. The molecular weight excluding hydrogens is 361 g/mol. The van der Waals surface area contributed by atoms with Crippen LogP contribution < -0.4 is 10.6 Å². The quantitative estimate of drug-likeness (QED) is 0.735. The summed E-state index contributed by atoms with van der Waals surface area (Å²) in [6.07, 6.45) is 1.06. The minimum Gasteiger partial charge on any atom is -0.406 e. The van der Waals surface area contributed by atoms with Crippen molar-refractivity contribution >= 4 is 16.8 Å². The van der Waals surface area contributed by atoms with Crippen LogP contribution >= 0.6 is 0 Å². The van der Waals surface area contributed by atoms with E-state index in [1.807, 2.05) is 17.2 Å². The largest absolute Gasteiger partial charge is 0.406 e. The van der Waals surface area contributed by atoms with Crippen LogP contribution in [0.1, 0.15) is 16.9 Å². The lowest BCUT2D eigenvalue weighted by Crippen LogP contribution is -2.26. The molecule has 1 atom stereocenters. The fraction of sp³-hybridized carbons (Fsp3) is 0.238. The molecule has 1 fully saturated rings. The van der Waals surface area contributed by atoms with Gasteiger partial charge in [-0.05, 0) is 47.9 Å². The van der Waals surface area contributed by atoms with Gasteiger partial charge in [-0.3, -0.25) is 4.79 Å². The molecule has 0 radical (unpaired) electrons. The lowest BCUT2D eigenvalue weighted by atomic mass is 10.00. The number of nitrogens with two attached hydrogens (primary N) is 1. The highest BCUT2D eigenvalue weighted by atomic mass is 19.1. The molecule has 144 valence electrons. The Labute approximate surface area is 161 Å². The van der Waals surface area contributed by atoms with Crippen LogP contribution in [0.2, 0.25) is 0 Å². The molecule has 2 heterocycles. The van der Waals surface area contributed by atoms with Crippen LogP contribution in [0.25, 0.3) is 22.0 Å². The second kappa shape index (κ2) is 7.53. The fourth-order valence-electron chi connectivity index (χ4n) is 3.38. The monoisotopic (exact) mass is 381 g/mol. The molecule has 1 saturated heterocycles. The zero-order valence-electron chi connectivity index (χ0n) is 15.4. The highest BCUT2D eigenvalue weighted by Gasteiger charge is 2.23. The summed E-state index contributed by atoms with van der Waals surface area (Å²) < 4.78 is 18.7. The number of hydroxylamine groups is 2. The number of hydrogen-bond acceptors (Lipinski definition) is 5. The van der Waals surface area contributed by atoms with Crippen molar-refractivity contribution in [3.8, 4) is 16.9 Å². The SMILES string of the molecule is CO[C@H]1CCN(Oc2ccc3c(-c4ccc(F)cc4)cc(C(N)=O)nc3c2)C1. The number of ether oxygens (including phenoxy) is 1. The standard InChI is InChI=1S/C21H20FN3O3/c1-27-16-8-9-25(12-16)28-15-6-7-17-18(13-2-4-14(22)5-3-13)11-20(21(23)26)24-19(17)10-15/h2-7,10-11,16H,8-9,12H2,1H3,(H2,23,26)/t16-/m0/s1. The maximum atomic E-state index is 13.3. The van der Waals surface area contributed by atoms with E-state index in [2.05, 4.69) is 4.98 Å². The molecule has 1 aliphatic rings. The van der Waals surface area contributed by atoms with Crippen molar-refractivity contribution in [3.05, 3.63) is 60.0 Å².